The number of rotatable bonds is 4. The van der Waals surface area contributed by atoms with Crippen LogP contribution in [0, 0.1) is 17.3 Å². The van der Waals surface area contributed by atoms with Gasteiger partial charge in [-0.1, -0.05) is 74.3 Å². The fourth-order valence-corrected chi connectivity index (χ4v) is 4.63. The average molecular weight is 433 g/mol. The minimum atomic E-state index is -0.227. The number of urea groups is 1. The maximum absolute atomic E-state index is 12.8. The first-order chi connectivity index (χ1) is 13.7. The molecule has 5 heteroatoms. The van der Waals surface area contributed by atoms with Crippen molar-refractivity contribution in [2.45, 2.75) is 52.5 Å². The Hall–Kier alpha value is -1.71. The molecule has 1 saturated carbocycles. The molecule has 0 bridgehead atoms. The third-order valence-corrected chi connectivity index (χ3v) is 6.83. The monoisotopic (exact) mass is 432 g/mol. The fraction of sp³-hybridized carbons (Fsp3) is 0.458. The van der Waals surface area contributed by atoms with E-state index in [0.29, 0.717) is 27.1 Å². The number of carbonyl (C=O) groups is 1. The van der Waals surface area contributed by atoms with Gasteiger partial charge in [0.15, 0.2) is 0 Å². The summed E-state index contributed by atoms with van der Waals surface area (Å²) in [6, 6.07) is 15.1. The Morgan fingerprint density at radius 3 is 2.21 bits per heavy atom. The summed E-state index contributed by atoms with van der Waals surface area (Å²) in [4.78, 5) is 12.8. The van der Waals surface area contributed by atoms with Crippen LogP contribution in [0.5, 0.6) is 0 Å². The van der Waals surface area contributed by atoms with Crippen LogP contribution < -0.4 is 10.6 Å². The summed E-state index contributed by atoms with van der Waals surface area (Å²) in [6.07, 6.45) is 4.64. The summed E-state index contributed by atoms with van der Waals surface area (Å²) in [6.45, 7) is 6.99. The molecule has 1 aliphatic carbocycles. The van der Waals surface area contributed by atoms with Crippen molar-refractivity contribution in [3.8, 4) is 0 Å². The van der Waals surface area contributed by atoms with Crippen LogP contribution in [-0.4, -0.2) is 6.03 Å². The molecule has 1 unspecified atom stereocenters. The summed E-state index contributed by atoms with van der Waals surface area (Å²) in [5, 5.41) is 6.99. The molecule has 0 saturated heterocycles. The van der Waals surface area contributed by atoms with E-state index in [4.69, 9.17) is 23.2 Å². The van der Waals surface area contributed by atoms with Crippen LogP contribution in [0.25, 0.3) is 0 Å². The van der Waals surface area contributed by atoms with Gasteiger partial charge in [-0.2, -0.15) is 0 Å². The highest BCUT2D eigenvalue weighted by atomic mass is 35.5. The number of carbonyl (C=O) groups excluding carboxylic acids is 1. The third-order valence-electron chi connectivity index (χ3n) is 6.09. The van der Waals surface area contributed by atoms with E-state index in [2.05, 4.69) is 43.5 Å². The van der Waals surface area contributed by atoms with Gasteiger partial charge in [0, 0.05) is 5.69 Å². The summed E-state index contributed by atoms with van der Waals surface area (Å²) in [7, 11) is 0. The van der Waals surface area contributed by atoms with Gasteiger partial charge in [0.05, 0.1) is 16.1 Å². The van der Waals surface area contributed by atoms with Gasteiger partial charge in [0.2, 0.25) is 0 Å². The van der Waals surface area contributed by atoms with E-state index in [-0.39, 0.29) is 12.1 Å². The lowest BCUT2D eigenvalue weighted by molar-refractivity contribution is 0.134. The zero-order valence-electron chi connectivity index (χ0n) is 17.3. The molecule has 0 heterocycles. The van der Waals surface area contributed by atoms with E-state index in [1.54, 1.807) is 18.2 Å². The van der Waals surface area contributed by atoms with Crippen molar-refractivity contribution in [3.63, 3.8) is 0 Å². The molecule has 2 aromatic rings. The second kappa shape index (κ2) is 9.40. The molecule has 0 spiro atoms. The molecule has 1 fully saturated rings. The standard InChI is InChI=1S/C24H30Cl2N2O/c1-24(2,3)18-11-9-17(10-12-18)22(16-7-5-4-6-8-16)28-23(29)27-19-13-14-20(25)21(26)15-19/h4-8,13-15,17-18,22H,9-12H2,1-3H3,(H2,27,28,29). The number of hydrogen-bond donors (Lipinski definition) is 2. The molecule has 3 nitrogen and oxygen atoms in total. The molecule has 2 N–H and O–H groups in total. The lowest BCUT2D eigenvalue weighted by atomic mass is 9.68. The first-order valence-electron chi connectivity index (χ1n) is 10.3. The Morgan fingerprint density at radius 1 is 0.966 bits per heavy atom. The molecule has 1 aliphatic rings. The lowest BCUT2D eigenvalue weighted by Crippen LogP contribution is -2.38. The molecule has 0 aliphatic heterocycles. The predicted molar refractivity (Wildman–Crippen MR) is 123 cm³/mol. The van der Waals surface area contributed by atoms with E-state index in [9.17, 15) is 4.79 Å². The van der Waals surface area contributed by atoms with Crippen LogP contribution in [0.3, 0.4) is 0 Å². The Morgan fingerprint density at radius 2 is 1.62 bits per heavy atom. The Kier molecular flexibility index (Phi) is 7.13. The van der Waals surface area contributed by atoms with E-state index in [1.165, 1.54) is 12.8 Å². The quantitative estimate of drug-likeness (QED) is 0.509. The normalized spacial score (nSPS) is 20.7. The minimum absolute atomic E-state index is 0.0140. The summed E-state index contributed by atoms with van der Waals surface area (Å²) >= 11 is 12.0. The van der Waals surface area contributed by atoms with Crippen LogP contribution in [0.4, 0.5) is 10.5 Å². The molecular formula is C24H30Cl2N2O. The number of benzene rings is 2. The van der Waals surface area contributed by atoms with Crippen LogP contribution in [-0.2, 0) is 0 Å². The van der Waals surface area contributed by atoms with Crippen molar-refractivity contribution < 1.29 is 4.79 Å². The van der Waals surface area contributed by atoms with Crippen LogP contribution in [0.2, 0.25) is 10.0 Å². The zero-order valence-corrected chi connectivity index (χ0v) is 18.9. The van der Waals surface area contributed by atoms with Gasteiger partial charge in [-0.15, -0.1) is 0 Å². The summed E-state index contributed by atoms with van der Waals surface area (Å²) in [5.41, 5.74) is 2.11. The minimum Gasteiger partial charge on any atom is -0.331 e. The van der Waals surface area contributed by atoms with Gasteiger partial charge >= 0.3 is 6.03 Å². The fourth-order valence-electron chi connectivity index (χ4n) is 4.33. The van der Waals surface area contributed by atoms with Crippen LogP contribution in [0.1, 0.15) is 58.1 Å². The lowest BCUT2D eigenvalue weighted by Gasteiger charge is -2.39. The van der Waals surface area contributed by atoms with Gasteiger partial charge in [0.25, 0.3) is 0 Å². The van der Waals surface area contributed by atoms with Gasteiger partial charge < -0.3 is 10.6 Å². The molecular weight excluding hydrogens is 403 g/mol. The maximum atomic E-state index is 12.8. The van der Waals surface area contributed by atoms with Gasteiger partial charge in [-0.3, -0.25) is 0 Å². The molecule has 1 atom stereocenters. The molecule has 29 heavy (non-hydrogen) atoms. The predicted octanol–water partition coefficient (Wildman–Crippen LogP) is 7.71. The first kappa shape index (κ1) is 22.0. The highest BCUT2D eigenvalue weighted by Crippen LogP contribution is 2.43. The summed E-state index contributed by atoms with van der Waals surface area (Å²) < 4.78 is 0. The second-order valence-electron chi connectivity index (χ2n) is 9.09. The molecule has 0 radical (unpaired) electrons. The van der Waals surface area contributed by atoms with Crippen molar-refractivity contribution in [3.05, 3.63) is 64.1 Å². The van der Waals surface area contributed by atoms with Crippen molar-refractivity contribution in [1.29, 1.82) is 0 Å². The van der Waals surface area contributed by atoms with E-state index in [0.717, 1.165) is 24.3 Å². The number of halogens is 2. The second-order valence-corrected chi connectivity index (χ2v) is 9.91. The average Bonchev–Trinajstić information content (AvgIpc) is 2.69. The highest BCUT2D eigenvalue weighted by molar-refractivity contribution is 6.42. The third kappa shape index (κ3) is 5.90. The number of anilines is 1. The van der Waals surface area contributed by atoms with Crippen LogP contribution in [0.15, 0.2) is 48.5 Å². The van der Waals surface area contributed by atoms with E-state index >= 15 is 0 Å². The van der Waals surface area contributed by atoms with E-state index < -0.39 is 0 Å². The summed E-state index contributed by atoms with van der Waals surface area (Å²) in [5.74, 6) is 1.16. The number of amides is 2. The topological polar surface area (TPSA) is 41.1 Å². The SMILES string of the molecule is CC(C)(C)C1CCC(C(NC(=O)Nc2ccc(Cl)c(Cl)c2)c2ccccc2)CC1. The Bertz CT molecular complexity index is 825. The largest absolute Gasteiger partial charge is 0.331 e. The van der Waals surface area contributed by atoms with Crippen molar-refractivity contribution in [2.75, 3.05) is 5.32 Å². The molecule has 0 aromatic heterocycles. The number of hydrogen-bond acceptors (Lipinski definition) is 1. The van der Waals surface area contributed by atoms with Gasteiger partial charge in [-0.05, 0) is 66.7 Å². The Labute approximate surface area is 184 Å². The van der Waals surface area contributed by atoms with Crippen molar-refractivity contribution in [2.24, 2.45) is 17.3 Å². The molecule has 156 valence electrons. The Balaban J connectivity index is 1.71. The molecule has 3 rings (SSSR count). The smallest absolute Gasteiger partial charge is 0.319 e. The van der Waals surface area contributed by atoms with Crippen molar-refractivity contribution in [1.82, 2.24) is 5.32 Å². The number of nitrogens with one attached hydrogen (secondary N) is 2. The van der Waals surface area contributed by atoms with Crippen LogP contribution >= 0.6 is 23.2 Å². The van der Waals surface area contributed by atoms with Gasteiger partial charge in [0.1, 0.15) is 0 Å². The van der Waals surface area contributed by atoms with Gasteiger partial charge in [-0.25, -0.2) is 4.79 Å². The van der Waals surface area contributed by atoms with Crippen molar-refractivity contribution >= 4 is 34.9 Å². The van der Waals surface area contributed by atoms with E-state index in [1.807, 2.05) is 18.2 Å². The highest BCUT2D eigenvalue weighted by Gasteiger charge is 2.34. The molecule has 2 aromatic carbocycles. The molecule has 2 amide bonds. The first-order valence-corrected chi connectivity index (χ1v) is 11.1. The maximum Gasteiger partial charge on any atom is 0.319 e. The zero-order chi connectivity index (χ0) is 21.0.